The van der Waals surface area contributed by atoms with Gasteiger partial charge in [0.2, 0.25) is 5.91 Å². The molecule has 1 N–H and O–H groups in total. The quantitative estimate of drug-likeness (QED) is 0.823. The average Bonchev–Trinajstić information content (AvgIpc) is 2.50. The third-order valence-electron chi connectivity index (χ3n) is 2.45. The molecule has 0 bridgehead atoms. The highest BCUT2D eigenvalue weighted by molar-refractivity contribution is 9.10. The number of likely N-dealkylation sites (tertiary alicyclic amines) is 1. The Morgan fingerprint density at radius 3 is 2.88 bits per heavy atom. The van der Waals surface area contributed by atoms with E-state index in [9.17, 15) is 9.59 Å². The highest BCUT2D eigenvalue weighted by Crippen LogP contribution is 2.22. The summed E-state index contributed by atoms with van der Waals surface area (Å²) < 4.78 is 0.768. The number of carbonyl (C=O) groups excluding carboxylic acids is 2. The second kappa shape index (κ2) is 4.21. The van der Waals surface area contributed by atoms with Gasteiger partial charge in [0.15, 0.2) is 0 Å². The first-order valence-electron chi connectivity index (χ1n) is 4.77. The molecule has 5 nitrogen and oxygen atoms in total. The summed E-state index contributed by atoms with van der Waals surface area (Å²) in [5, 5.41) is 2.95. The summed E-state index contributed by atoms with van der Waals surface area (Å²) in [4.78, 5) is 28.2. The van der Waals surface area contributed by atoms with Crippen LogP contribution in [-0.2, 0) is 9.59 Å². The summed E-state index contributed by atoms with van der Waals surface area (Å²) >= 11 is 3.32. The number of nitrogens with zero attached hydrogens (tertiary/aromatic N) is 2. The van der Waals surface area contributed by atoms with Gasteiger partial charge in [-0.3, -0.25) is 14.5 Å². The molecule has 2 heterocycles. The molecule has 1 saturated heterocycles. The van der Waals surface area contributed by atoms with E-state index in [-0.39, 0.29) is 18.2 Å². The maximum Gasteiger partial charge on any atom is 0.251 e. The van der Waals surface area contributed by atoms with Crippen molar-refractivity contribution < 1.29 is 9.59 Å². The van der Waals surface area contributed by atoms with Crippen molar-refractivity contribution in [2.75, 3.05) is 12.4 Å². The molecule has 0 aromatic carbocycles. The van der Waals surface area contributed by atoms with E-state index in [1.54, 1.807) is 12.3 Å². The number of nitrogens with one attached hydrogen (secondary N) is 1. The monoisotopic (exact) mass is 283 g/mol. The van der Waals surface area contributed by atoms with Crippen LogP contribution in [0.1, 0.15) is 6.42 Å². The maximum atomic E-state index is 11.6. The van der Waals surface area contributed by atoms with E-state index < -0.39 is 6.04 Å². The molecule has 0 radical (unpaired) electrons. The lowest BCUT2D eigenvalue weighted by molar-refractivity contribution is -0.136. The number of halogens is 1. The van der Waals surface area contributed by atoms with Crippen molar-refractivity contribution >= 4 is 33.6 Å². The van der Waals surface area contributed by atoms with E-state index in [4.69, 9.17) is 0 Å². The molecular formula is C10H10BrN3O2. The summed E-state index contributed by atoms with van der Waals surface area (Å²) in [6.07, 6.45) is 1.80. The van der Waals surface area contributed by atoms with Gasteiger partial charge < -0.3 is 5.32 Å². The Balaban J connectivity index is 2.15. The van der Waals surface area contributed by atoms with Gasteiger partial charge in [0.1, 0.15) is 11.9 Å². The first kappa shape index (κ1) is 11.1. The van der Waals surface area contributed by atoms with Gasteiger partial charge in [0.05, 0.1) is 10.9 Å². The smallest absolute Gasteiger partial charge is 0.251 e. The van der Waals surface area contributed by atoms with Crippen LogP contribution in [0.15, 0.2) is 22.8 Å². The van der Waals surface area contributed by atoms with Crippen LogP contribution >= 0.6 is 15.9 Å². The Bertz CT molecular complexity index is 449. The fourth-order valence-electron chi connectivity index (χ4n) is 1.53. The zero-order valence-corrected chi connectivity index (χ0v) is 10.2. The van der Waals surface area contributed by atoms with Crippen molar-refractivity contribution in [3.8, 4) is 0 Å². The van der Waals surface area contributed by atoms with Gasteiger partial charge in [-0.2, -0.15) is 0 Å². The van der Waals surface area contributed by atoms with E-state index in [1.165, 1.54) is 7.05 Å². The van der Waals surface area contributed by atoms with E-state index in [0.29, 0.717) is 5.82 Å². The van der Waals surface area contributed by atoms with Crippen molar-refractivity contribution in [1.29, 1.82) is 0 Å². The average molecular weight is 284 g/mol. The molecule has 16 heavy (non-hydrogen) atoms. The molecule has 2 amide bonds. The second-order valence-electron chi connectivity index (χ2n) is 3.53. The van der Waals surface area contributed by atoms with Crippen LogP contribution in [0, 0.1) is 0 Å². The van der Waals surface area contributed by atoms with Gasteiger partial charge in [-0.1, -0.05) is 0 Å². The number of anilines is 1. The van der Waals surface area contributed by atoms with Gasteiger partial charge >= 0.3 is 0 Å². The number of amides is 2. The van der Waals surface area contributed by atoms with Gasteiger partial charge in [0.25, 0.3) is 5.91 Å². The number of aromatic nitrogens is 1. The Morgan fingerprint density at radius 1 is 1.56 bits per heavy atom. The molecule has 1 atom stereocenters. The largest absolute Gasteiger partial charge is 0.357 e. The predicted octanol–water partition coefficient (Wildman–Crippen LogP) is 1.01. The van der Waals surface area contributed by atoms with E-state index in [2.05, 4.69) is 26.2 Å². The second-order valence-corrected chi connectivity index (χ2v) is 4.38. The molecule has 1 aromatic heterocycles. The fourth-order valence-corrected chi connectivity index (χ4v) is 1.89. The first-order chi connectivity index (χ1) is 7.59. The van der Waals surface area contributed by atoms with Crippen molar-refractivity contribution in [1.82, 2.24) is 9.88 Å². The van der Waals surface area contributed by atoms with Crippen molar-refractivity contribution in [2.45, 2.75) is 12.5 Å². The third-order valence-corrected chi connectivity index (χ3v) is 3.09. The minimum Gasteiger partial charge on any atom is -0.357 e. The Morgan fingerprint density at radius 2 is 2.31 bits per heavy atom. The van der Waals surface area contributed by atoms with Crippen LogP contribution < -0.4 is 5.32 Å². The lowest BCUT2D eigenvalue weighted by Crippen LogP contribution is -2.32. The molecule has 0 spiro atoms. The summed E-state index contributed by atoms with van der Waals surface area (Å²) in [6.45, 7) is 0. The predicted molar refractivity (Wildman–Crippen MR) is 61.7 cm³/mol. The summed E-state index contributed by atoms with van der Waals surface area (Å²) in [5.74, 6) is 0.182. The molecule has 1 aliphatic heterocycles. The van der Waals surface area contributed by atoms with Crippen molar-refractivity contribution in [2.24, 2.45) is 0 Å². The van der Waals surface area contributed by atoms with Gasteiger partial charge in [-0.25, -0.2) is 4.98 Å². The molecular weight excluding hydrogens is 274 g/mol. The Kier molecular flexibility index (Phi) is 2.91. The Hall–Kier alpha value is -1.43. The summed E-state index contributed by atoms with van der Waals surface area (Å²) in [7, 11) is 1.49. The van der Waals surface area contributed by atoms with Crippen LogP contribution in [0.4, 0.5) is 5.82 Å². The number of pyridine rings is 1. The molecule has 0 saturated carbocycles. The number of carbonyl (C=O) groups is 2. The third kappa shape index (κ3) is 1.92. The van der Waals surface area contributed by atoms with Crippen LogP contribution in [0.2, 0.25) is 0 Å². The highest BCUT2D eigenvalue weighted by Gasteiger charge is 2.36. The topological polar surface area (TPSA) is 62.3 Å². The van der Waals surface area contributed by atoms with Gasteiger partial charge in [-0.15, -0.1) is 0 Å². The summed E-state index contributed by atoms with van der Waals surface area (Å²) in [5.41, 5.74) is 0. The minimum atomic E-state index is -0.510. The van der Waals surface area contributed by atoms with Crippen LogP contribution in [0.5, 0.6) is 0 Å². The number of hydrogen-bond acceptors (Lipinski definition) is 4. The molecule has 84 valence electrons. The number of rotatable bonds is 2. The highest BCUT2D eigenvalue weighted by atomic mass is 79.9. The minimum absolute atomic E-state index is 0.172. The lowest BCUT2D eigenvalue weighted by Gasteiger charge is -2.12. The lowest BCUT2D eigenvalue weighted by atomic mass is 10.2. The maximum absolute atomic E-state index is 11.6. The van der Waals surface area contributed by atoms with Crippen molar-refractivity contribution in [3.63, 3.8) is 0 Å². The molecule has 1 fully saturated rings. The Labute approximate surface area is 101 Å². The first-order valence-corrected chi connectivity index (χ1v) is 5.56. The molecule has 0 aliphatic carbocycles. The molecule has 2 rings (SSSR count). The zero-order valence-electron chi connectivity index (χ0n) is 8.61. The normalized spacial score (nSPS) is 20.4. The zero-order chi connectivity index (χ0) is 11.7. The molecule has 6 heteroatoms. The summed E-state index contributed by atoms with van der Waals surface area (Å²) in [6, 6.07) is 3.09. The van der Waals surface area contributed by atoms with Crippen LogP contribution in [-0.4, -0.2) is 34.8 Å². The van der Waals surface area contributed by atoms with Crippen LogP contribution in [0.3, 0.4) is 0 Å². The number of imide groups is 1. The molecule has 1 aliphatic rings. The number of hydrogen-bond donors (Lipinski definition) is 1. The molecule has 1 unspecified atom stereocenters. The molecule has 1 aromatic rings. The van der Waals surface area contributed by atoms with Crippen molar-refractivity contribution in [3.05, 3.63) is 22.8 Å². The standard InChI is InChI=1S/C10H10BrN3O2/c1-14-8(15)5-7(10(14)16)13-9-6(11)3-2-4-12-9/h2-4,7H,5H2,1H3,(H,12,13). The van der Waals surface area contributed by atoms with E-state index in [1.807, 2.05) is 6.07 Å². The van der Waals surface area contributed by atoms with E-state index in [0.717, 1.165) is 9.37 Å². The van der Waals surface area contributed by atoms with Crippen LogP contribution in [0.25, 0.3) is 0 Å². The number of likely N-dealkylation sites (N-methyl/N-ethyl adjacent to an activating group) is 1. The van der Waals surface area contributed by atoms with Gasteiger partial charge in [-0.05, 0) is 28.1 Å². The fraction of sp³-hybridized carbons (Fsp3) is 0.300. The SMILES string of the molecule is CN1C(=O)CC(Nc2ncccc2Br)C1=O. The van der Waals surface area contributed by atoms with Gasteiger partial charge in [0, 0.05) is 13.2 Å². The van der Waals surface area contributed by atoms with E-state index >= 15 is 0 Å².